The number of phenolic OH excluding ortho intramolecular Hbond substituents is 1. The number of hydrogen-bond donors (Lipinski definition) is 2. The zero-order valence-corrected chi connectivity index (χ0v) is 30.4. The number of piperazine rings is 2. The molecule has 0 aliphatic carbocycles. The van der Waals surface area contributed by atoms with Gasteiger partial charge in [-0.2, -0.15) is 0 Å². The van der Waals surface area contributed by atoms with E-state index in [9.17, 15) is 19.5 Å². The summed E-state index contributed by atoms with van der Waals surface area (Å²) in [7, 11) is 2.17. The van der Waals surface area contributed by atoms with Gasteiger partial charge in [0, 0.05) is 70.4 Å². The van der Waals surface area contributed by atoms with Crippen molar-refractivity contribution in [2.45, 2.75) is 50.7 Å². The molecule has 0 radical (unpaired) electrons. The molecule has 2 N–H and O–H groups in total. The number of benzene rings is 2. The van der Waals surface area contributed by atoms with Crippen LogP contribution in [0.2, 0.25) is 0 Å². The Morgan fingerprint density at radius 2 is 1.83 bits per heavy atom. The fourth-order valence-electron chi connectivity index (χ4n) is 7.82. The average Bonchev–Trinajstić information content (AvgIpc) is 3.11. The number of nitrogens with one attached hydrogen (secondary N) is 1. The second-order valence-electron chi connectivity index (χ2n) is 14.5. The lowest BCUT2D eigenvalue weighted by Crippen LogP contribution is -2.76. The third kappa shape index (κ3) is 7.71. The lowest BCUT2D eigenvalue weighted by molar-refractivity contribution is -0.189. The third-order valence-corrected chi connectivity index (χ3v) is 11.0. The van der Waals surface area contributed by atoms with Gasteiger partial charge in [0.05, 0.1) is 25.3 Å². The molecule has 13 nitrogen and oxygen atoms in total. The number of pyridine rings is 1. The Morgan fingerprint density at radius 3 is 2.57 bits per heavy atom. The summed E-state index contributed by atoms with van der Waals surface area (Å²) in [5.74, 6) is -0.821. The summed E-state index contributed by atoms with van der Waals surface area (Å²) in [5.41, 5.74) is 1.74. The first-order chi connectivity index (χ1) is 25.6. The highest BCUT2D eigenvalue weighted by molar-refractivity contribution is 5.91. The minimum atomic E-state index is -1.11. The maximum Gasteiger partial charge on any atom is 0.334 e. The number of urea groups is 1. The highest BCUT2D eigenvalue weighted by Crippen LogP contribution is 2.31. The number of aromatic hydroxyl groups is 1. The second kappa shape index (κ2) is 15.5. The summed E-state index contributed by atoms with van der Waals surface area (Å²) in [5, 5.41) is 16.0. The van der Waals surface area contributed by atoms with Crippen LogP contribution in [-0.2, 0) is 29.1 Å². The molecule has 0 bridgehead atoms. The van der Waals surface area contributed by atoms with Gasteiger partial charge in [-0.25, -0.2) is 24.2 Å². The van der Waals surface area contributed by atoms with Gasteiger partial charge in [-0.15, -0.1) is 6.58 Å². The maximum absolute atomic E-state index is 15.2. The minimum Gasteiger partial charge on any atom is -0.508 e. The highest BCUT2D eigenvalue weighted by atomic mass is 19.1. The normalized spacial score (nSPS) is 23.2. The van der Waals surface area contributed by atoms with Gasteiger partial charge < -0.3 is 30.0 Å². The van der Waals surface area contributed by atoms with E-state index >= 15 is 4.39 Å². The smallest absolute Gasteiger partial charge is 0.334 e. The van der Waals surface area contributed by atoms with Crippen LogP contribution < -0.4 is 10.2 Å². The molecule has 4 fully saturated rings. The van der Waals surface area contributed by atoms with Crippen molar-refractivity contribution in [3.63, 3.8) is 0 Å². The number of halogens is 1. The topological polar surface area (TPSA) is 119 Å². The van der Waals surface area contributed by atoms with Gasteiger partial charge in [0.1, 0.15) is 29.6 Å². The lowest BCUT2D eigenvalue weighted by Gasteiger charge is -2.55. The number of carbonyl (C=O) groups is 3. The summed E-state index contributed by atoms with van der Waals surface area (Å²) >= 11 is 0. The first kappa shape index (κ1) is 36.3. The first-order valence-electron chi connectivity index (χ1n) is 18.3. The zero-order chi connectivity index (χ0) is 37.2. The number of carbonyl (C=O) groups excluding carboxylic acids is 3. The summed E-state index contributed by atoms with van der Waals surface area (Å²) in [6.07, 6.45) is 0.591. The fourth-order valence-corrected chi connectivity index (χ4v) is 7.82. The van der Waals surface area contributed by atoms with Crippen LogP contribution in [0.3, 0.4) is 0 Å². The van der Waals surface area contributed by atoms with Crippen LogP contribution >= 0.6 is 0 Å². The number of aromatic nitrogens is 1. The molecule has 4 amide bonds. The summed E-state index contributed by atoms with van der Waals surface area (Å²) < 4.78 is 15.2. The molecular formula is C39H48FN9O4. The molecule has 4 aliphatic heterocycles. The zero-order valence-electron chi connectivity index (χ0n) is 30.4. The summed E-state index contributed by atoms with van der Waals surface area (Å²) in [6, 6.07) is 18.5. The largest absolute Gasteiger partial charge is 0.508 e. The fraction of sp³-hybridized carbons (Fsp3) is 0.436. The Hall–Kier alpha value is -5.05. The summed E-state index contributed by atoms with van der Waals surface area (Å²) in [4.78, 5) is 57.6. The van der Waals surface area contributed by atoms with Crippen LogP contribution in [0.25, 0.3) is 0 Å². The molecule has 3 atom stereocenters. The van der Waals surface area contributed by atoms with Gasteiger partial charge in [0.25, 0.3) is 0 Å². The lowest BCUT2D eigenvalue weighted by atomic mass is 9.98. The van der Waals surface area contributed by atoms with Crippen LogP contribution in [0, 0.1) is 5.82 Å². The molecule has 53 heavy (non-hydrogen) atoms. The molecule has 0 spiro atoms. The van der Waals surface area contributed by atoms with Gasteiger partial charge in [-0.1, -0.05) is 48.5 Å². The van der Waals surface area contributed by atoms with Gasteiger partial charge >= 0.3 is 6.03 Å². The number of phenols is 1. The van der Waals surface area contributed by atoms with Gasteiger partial charge in [0.15, 0.2) is 0 Å². The molecule has 4 aliphatic rings. The van der Waals surface area contributed by atoms with Crippen LogP contribution in [-0.4, -0.2) is 141 Å². The molecule has 5 heterocycles. The Balaban J connectivity index is 1.14. The Morgan fingerprint density at radius 1 is 1.04 bits per heavy atom. The predicted molar refractivity (Wildman–Crippen MR) is 198 cm³/mol. The Labute approximate surface area is 309 Å². The van der Waals surface area contributed by atoms with Crippen molar-refractivity contribution in [1.29, 1.82) is 0 Å². The minimum absolute atomic E-state index is 0.0187. The van der Waals surface area contributed by atoms with Gasteiger partial charge in [0.2, 0.25) is 11.8 Å². The molecule has 1 aromatic heterocycles. The van der Waals surface area contributed by atoms with Crippen molar-refractivity contribution < 1.29 is 23.9 Å². The predicted octanol–water partition coefficient (Wildman–Crippen LogP) is 2.49. The van der Waals surface area contributed by atoms with Crippen molar-refractivity contribution in [3.8, 4) is 5.75 Å². The average molecular weight is 726 g/mol. The van der Waals surface area contributed by atoms with E-state index in [1.54, 1.807) is 16.0 Å². The molecule has 4 saturated heterocycles. The Kier molecular flexibility index (Phi) is 10.6. The van der Waals surface area contributed by atoms with E-state index in [4.69, 9.17) is 4.98 Å². The van der Waals surface area contributed by atoms with E-state index in [2.05, 4.69) is 40.6 Å². The standard InChI is InChI=1S/C39H48FN9O4/c1-4-15-47-26-37(51)48-34(18-29-13-14-32(50)19-33(29)40)38(52)46(25-36(48)49(47)39(53)41-20-28-9-6-5-7-10-28)22-30-11-8-12-35(42-30)45-23-31(24-45)44-17-16-43(3)27(2)21-44/h4-14,19,27,31,34,36,50H,1,15-18,20-26H2,2-3H3,(H,41,53)/t27-,34+,36+/m1/s1. The van der Waals surface area contributed by atoms with E-state index in [1.807, 2.05) is 48.5 Å². The van der Waals surface area contributed by atoms with E-state index in [1.165, 1.54) is 22.0 Å². The first-order valence-corrected chi connectivity index (χ1v) is 18.3. The number of amides is 4. The molecular weight excluding hydrogens is 677 g/mol. The van der Waals surface area contributed by atoms with Crippen molar-refractivity contribution in [2.24, 2.45) is 0 Å². The number of nitrogens with zero attached hydrogens (tertiary/aromatic N) is 8. The van der Waals surface area contributed by atoms with Crippen LogP contribution in [0.1, 0.15) is 23.7 Å². The molecule has 7 rings (SSSR count). The number of hydrazine groups is 1. The van der Waals surface area contributed by atoms with E-state index in [0.29, 0.717) is 17.8 Å². The van der Waals surface area contributed by atoms with Crippen molar-refractivity contribution in [2.75, 3.05) is 64.3 Å². The van der Waals surface area contributed by atoms with Crippen LogP contribution in [0.4, 0.5) is 15.0 Å². The van der Waals surface area contributed by atoms with E-state index in [0.717, 1.165) is 50.2 Å². The Bertz CT molecular complexity index is 1830. The quantitative estimate of drug-likeness (QED) is 0.304. The molecule has 2 aromatic carbocycles. The molecule has 280 valence electrons. The number of rotatable bonds is 10. The van der Waals surface area contributed by atoms with Crippen molar-refractivity contribution in [3.05, 3.63) is 102 Å². The number of anilines is 1. The van der Waals surface area contributed by atoms with Crippen LogP contribution in [0.15, 0.2) is 79.4 Å². The monoisotopic (exact) mass is 725 g/mol. The van der Waals surface area contributed by atoms with Crippen LogP contribution in [0.5, 0.6) is 5.75 Å². The molecule has 0 saturated carbocycles. The summed E-state index contributed by atoms with van der Waals surface area (Å²) in [6.45, 7) is 11.5. The molecule has 3 aromatic rings. The SMILES string of the molecule is C=CCN1CC(=O)N2[C@@H](Cc3ccc(O)cc3F)C(=O)N(Cc3cccc(N4CC(N5CCN(C)[C@H](C)C5)C4)n3)C[C@@H]2N1C(=O)NCc1ccccc1. The number of likely N-dealkylation sites (N-methyl/N-ethyl adjacent to an activating group) is 1. The highest BCUT2D eigenvalue weighted by Gasteiger charge is 2.51. The van der Waals surface area contributed by atoms with Crippen molar-refractivity contribution >= 4 is 23.7 Å². The van der Waals surface area contributed by atoms with Gasteiger partial charge in [-0.3, -0.25) is 14.5 Å². The third-order valence-electron chi connectivity index (χ3n) is 11.0. The van der Waals surface area contributed by atoms with Crippen molar-refractivity contribution in [1.82, 2.24) is 39.9 Å². The number of fused-ring (bicyclic) bond motifs is 1. The van der Waals surface area contributed by atoms with E-state index in [-0.39, 0.29) is 62.3 Å². The van der Waals surface area contributed by atoms with Gasteiger partial charge in [-0.05, 0) is 43.3 Å². The number of hydrogen-bond acceptors (Lipinski definition) is 9. The molecule has 0 unspecified atom stereocenters. The molecule has 14 heteroatoms. The second-order valence-corrected chi connectivity index (χ2v) is 14.5. The maximum atomic E-state index is 15.2. The van der Waals surface area contributed by atoms with E-state index < -0.39 is 24.1 Å².